The molecule has 1 unspecified atom stereocenters. The summed E-state index contributed by atoms with van der Waals surface area (Å²) in [5, 5.41) is 9.05. The molecular weight excluding hydrogens is 261 g/mol. The van der Waals surface area contributed by atoms with Gasteiger partial charge in [0.15, 0.2) is 0 Å². The van der Waals surface area contributed by atoms with Crippen LogP contribution in [0.2, 0.25) is 5.02 Å². The van der Waals surface area contributed by atoms with Gasteiger partial charge >= 0.3 is 6.09 Å². The SMILES string of the molecule is O=C(O)N1CCCOC(c2ccc(Cl)c(F)c2)C1. The van der Waals surface area contributed by atoms with E-state index in [9.17, 15) is 9.18 Å². The molecular formula is C12H13ClFNO3. The highest BCUT2D eigenvalue weighted by Gasteiger charge is 2.23. The van der Waals surface area contributed by atoms with E-state index in [0.29, 0.717) is 25.1 Å². The molecule has 1 aliphatic rings. The van der Waals surface area contributed by atoms with E-state index in [-0.39, 0.29) is 11.6 Å². The second-order valence-corrected chi connectivity index (χ2v) is 4.52. The number of nitrogens with zero attached hydrogens (tertiary/aromatic N) is 1. The zero-order valence-corrected chi connectivity index (χ0v) is 10.4. The van der Waals surface area contributed by atoms with Crippen molar-refractivity contribution in [2.24, 2.45) is 0 Å². The molecule has 1 aromatic carbocycles. The van der Waals surface area contributed by atoms with Crippen LogP contribution in [-0.2, 0) is 4.74 Å². The van der Waals surface area contributed by atoms with E-state index in [1.807, 2.05) is 0 Å². The Morgan fingerprint density at radius 3 is 3.00 bits per heavy atom. The lowest BCUT2D eigenvalue weighted by Gasteiger charge is -2.21. The van der Waals surface area contributed by atoms with Crippen molar-refractivity contribution in [1.82, 2.24) is 4.90 Å². The van der Waals surface area contributed by atoms with Crippen LogP contribution in [0.4, 0.5) is 9.18 Å². The molecule has 1 aromatic rings. The molecule has 0 bridgehead atoms. The first-order valence-corrected chi connectivity index (χ1v) is 6.00. The average molecular weight is 274 g/mol. The van der Waals surface area contributed by atoms with Gasteiger partial charge in [-0.15, -0.1) is 0 Å². The maximum Gasteiger partial charge on any atom is 0.407 e. The highest BCUT2D eigenvalue weighted by molar-refractivity contribution is 6.30. The van der Waals surface area contributed by atoms with Gasteiger partial charge in [-0.2, -0.15) is 0 Å². The third kappa shape index (κ3) is 2.91. The van der Waals surface area contributed by atoms with E-state index in [1.165, 1.54) is 17.0 Å². The number of hydrogen-bond donors (Lipinski definition) is 1. The molecule has 6 heteroatoms. The number of amides is 1. The van der Waals surface area contributed by atoms with E-state index in [4.69, 9.17) is 21.4 Å². The van der Waals surface area contributed by atoms with Gasteiger partial charge in [0.25, 0.3) is 0 Å². The third-order valence-electron chi connectivity index (χ3n) is 2.86. The summed E-state index contributed by atoms with van der Waals surface area (Å²) in [5.74, 6) is -0.524. The molecule has 1 saturated heterocycles. The zero-order valence-electron chi connectivity index (χ0n) is 9.60. The fraction of sp³-hybridized carbons (Fsp3) is 0.417. The minimum Gasteiger partial charge on any atom is -0.465 e. The van der Waals surface area contributed by atoms with Crippen molar-refractivity contribution in [1.29, 1.82) is 0 Å². The summed E-state index contributed by atoms with van der Waals surface area (Å²) in [6, 6.07) is 4.39. The molecule has 1 atom stereocenters. The minimum atomic E-state index is -0.986. The van der Waals surface area contributed by atoms with Crippen molar-refractivity contribution in [3.8, 4) is 0 Å². The summed E-state index contributed by atoms with van der Waals surface area (Å²) in [6.45, 7) is 1.09. The molecule has 1 amide bonds. The summed E-state index contributed by atoms with van der Waals surface area (Å²) in [5.41, 5.74) is 0.602. The van der Waals surface area contributed by atoms with Crippen molar-refractivity contribution in [2.45, 2.75) is 12.5 Å². The van der Waals surface area contributed by atoms with Gasteiger partial charge in [-0.3, -0.25) is 0 Å². The monoisotopic (exact) mass is 273 g/mol. The quantitative estimate of drug-likeness (QED) is 0.856. The molecule has 4 nitrogen and oxygen atoms in total. The molecule has 2 rings (SSSR count). The Kier molecular flexibility index (Phi) is 4.04. The van der Waals surface area contributed by atoms with Gasteiger partial charge in [0, 0.05) is 13.2 Å². The van der Waals surface area contributed by atoms with Gasteiger partial charge in [-0.05, 0) is 24.1 Å². The van der Waals surface area contributed by atoms with Gasteiger partial charge in [0.05, 0.1) is 11.6 Å². The van der Waals surface area contributed by atoms with E-state index >= 15 is 0 Å². The lowest BCUT2D eigenvalue weighted by atomic mass is 10.1. The third-order valence-corrected chi connectivity index (χ3v) is 3.17. The maximum atomic E-state index is 13.4. The Morgan fingerprint density at radius 2 is 2.33 bits per heavy atom. The Labute approximate surface area is 109 Å². The summed E-state index contributed by atoms with van der Waals surface area (Å²) >= 11 is 5.61. The summed E-state index contributed by atoms with van der Waals surface area (Å²) in [7, 11) is 0. The van der Waals surface area contributed by atoms with E-state index < -0.39 is 18.0 Å². The van der Waals surface area contributed by atoms with Gasteiger partial charge in [0.1, 0.15) is 11.9 Å². The van der Waals surface area contributed by atoms with Crippen molar-refractivity contribution < 1.29 is 19.0 Å². The Morgan fingerprint density at radius 1 is 1.56 bits per heavy atom. The van der Waals surface area contributed by atoms with Crippen LogP contribution < -0.4 is 0 Å². The standard InChI is InChI=1S/C12H13ClFNO3/c13-9-3-2-8(6-10(9)14)11-7-15(12(16)17)4-1-5-18-11/h2-3,6,11H,1,4-5,7H2,(H,16,17). The first-order chi connectivity index (χ1) is 8.58. The molecule has 0 spiro atoms. The molecule has 1 heterocycles. The molecule has 0 radical (unpaired) electrons. The van der Waals surface area contributed by atoms with Crippen LogP contribution in [0.5, 0.6) is 0 Å². The average Bonchev–Trinajstić information content (AvgIpc) is 2.58. The molecule has 0 aliphatic carbocycles. The molecule has 1 aliphatic heterocycles. The largest absolute Gasteiger partial charge is 0.465 e. The van der Waals surface area contributed by atoms with Crippen molar-refractivity contribution >= 4 is 17.7 Å². The highest BCUT2D eigenvalue weighted by atomic mass is 35.5. The predicted molar refractivity (Wildman–Crippen MR) is 64.3 cm³/mol. The molecule has 0 aromatic heterocycles. The highest BCUT2D eigenvalue weighted by Crippen LogP contribution is 2.25. The molecule has 1 fully saturated rings. The van der Waals surface area contributed by atoms with Crippen LogP contribution >= 0.6 is 11.6 Å². The van der Waals surface area contributed by atoms with E-state index in [0.717, 1.165) is 0 Å². The van der Waals surface area contributed by atoms with Crippen LogP contribution in [0, 0.1) is 5.82 Å². The molecule has 18 heavy (non-hydrogen) atoms. The van der Waals surface area contributed by atoms with Crippen LogP contribution in [0.1, 0.15) is 18.1 Å². The van der Waals surface area contributed by atoms with E-state index in [2.05, 4.69) is 0 Å². The minimum absolute atomic E-state index is 0.0439. The number of hydrogen-bond acceptors (Lipinski definition) is 2. The smallest absolute Gasteiger partial charge is 0.407 e. The number of halogens is 2. The second-order valence-electron chi connectivity index (χ2n) is 4.12. The first-order valence-electron chi connectivity index (χ1n) is 5.62. The summed E-state index contributed by atoms with van der Waals surface area (Å²) in [4.78, 5) is 12.3. The normalized spacial score (nSPS) is 20.6. The Hall–Kier alpha value is -1.33. The van der Waals surface area contributed by atoms with Crippen LogP contribution in [0.15, 0.2) is 18.2 Å². The summed E-state index contributed by atoms with van der Waals surface area (Å²) in [6.07, 6.45) is -0.797. The topological polar surface area (TPSA) is 49.8 Å². The Bertz CT molecular complexity index is 455. The fourth-order valence-corrected chi connectivity index (χ4v) is 2.03. The lowest BCUT2D eigenvalue weighted by Crippen LogP contribution is -2.32. The number of benzene rings is 1. The summed E-state index contributed by atoms with van der Waals surface area (Å²) < 4.78 is 18.9. The second kappa shape index (κ2) is 5.54. The lowest BCUT2D eigenvalue weighted by molar-refractivity contribution is 0.0531. The molecule has 1 N–H and O–H groups in total. The number of rotatable bonds is 1. The maximum absolute atomic E-state index is 13.4. The van der Waals surface area contributed by atoms with Gasteiger partial charge in [0.2, 0.25) is 0 Å². The fourth-order valence-electron chi connectivity index (χ4n) is 1.91. The number of carbonyl (C=O) groups is 1. The van der Waals surface area contributed by atoms with Gasteiger partial charge in [-0.25, -0.2) is 9.18 Å². The van der Waals surface area contributed by atoms with Gasteiger partial charge in [-0.1, -0.05) is 17.7 Å². The van der Waals surface area contributed by atoms with E-state index in [1.54, 1.807) is 6.07 Å². The number of ether oxygens (including phenoxy) is 1. The van der Waals surface area contributed by atoms with Crippen LogP contribution in [0.25, 0.3) is 0 Å². The van der Waals surface area contributed by atoms with Crippen molar-refractivity contribution in [3.05, 3.63) is 34.6 Å². The van der Waals surface area contributed by atoms with Crippen LogP contribution in [0.3, 0.4) is 0 Å². The molecule has 0 saturated carbocycles. The van der Waals surface area contributed by atoms with Crippen LogP contribution in [-0.4, -0.2) is 35.8 Å². The molecule has 98 valence electrons. The Balaban J connectivity index is 2.19. The van der Waals surface area contributed by atoms with Crippen molar-refractivity contribution in [2.75, 3.05) is 19.7 Å². The predicted octanol–water partition coefficient (Wildman–Crippen LogP) is 2.92. The van der Waals surface area contributed by atoms with Gasteiger partial charge < -0.3 is 14.7 Å². The zero-order chi connectivity index (χ0) is 13.1. The van der Waals surface area contributed by atoms with Crippen molar-refractivity contribution in [3.63, 3.8) is 0 Å². The number of carboxylic acid groups (broad SMARTS) is 1. The first kappa shape index (κ1) is 13.1.